The average molecular weight is 276 g/mol. The van der Waals surface area contributed by atoms with Crippen LogP contribution in [-0.4, -0.2) is 9.55 Å². The summed E-state index contributed by atoms with van der Waals surface area (Å²) < 4.78 is 2.28. The number of rotatable bonds is 3. The Morgan fingerprint density at radius 2 is 2.11 bits per heavy atom. The molecule has 0 atom stereocenters. The minimum Gasteiger partial charge on any atom is -0.326 e. The molecule has 0 bridgehead atoms. The van der Waals surface area contributed by atoms with E-state index >= 15 is 0 Å². The fraction of sp³-hybridized carbons (Fsp3) is 0.400. The van der Waals surface area contributed by atoms with E-state index in [-0.39, 0.29) is 0 Å². The molecule has 1 aromatic carbocycles. The van der Waals surface area contributed by atoms with Crippen LogP contribution in [0.2, 0.25) is 5.02 Å². The molecule has 1 N–H and O–H groups in total. The number of nitrogens with zero attached hydrogens (tertiary/aromatic N) is 2. The van der Waals surface area contributed by atoms with Gasteiger partial charge < -0.3 is 9.88 Å². The van der Waals surface area contributed by atoms with E-state index in [1.54, 1.807) is 0 Å². The van der Waals surface area contributed by atoms with Crippen LogP contribution >= 0.6 is 11.6 Å². The molecule has 19 heavy (non-hydrogen) atoms. The standard InChI is InChI=1S/C15H18ClN3/c1-11-10-19(14-7-2-3-8-14)15(17-11)18-13-6-4-5-12(16)9-13/h4-6,9-10,14H,2-3,7-8H2,1H3,(H,17,18). The van der Waals surface area contributed by atoms with Crippen LogP contribution in [0.3, 0.4) is 0 Å². The van der Waals surface area contributed by atoms with Crippen LogP contribution in [0.25, 0.3) is 0 Å². The van der Waals surface area contributed by atoms with Crippen molar-refractivity contribution in [1.82, 2.24) is 9.55 Å². The Bertz CT molecular complexity index is 571. The first-order valence-corrected chi connectivity index (χ1v) is 7.18. The molecule has 1 aliphatic carbocycles. The number of hydrogen-bond donors (Lipinski definition) is 1. The van der Waals surface area contributed by atoms with Gasteiger partial charge in [-0.25, -0.2) is 4.98 Å². The third-order valence-electron chi connectivity index (χ3n) is 3.65. The molecule has 1 heterocycles. The van der Waals surface area contributed by atoms with Crippen molar-refractivity contribution < 1.29 is 0 Å². The molecule has 0 amide bonds. The van der Waals surface area contributed by atoms with Crippen LogP contribution in [0.1, 0.15) is 37.4 Å². The number of aryl methyl sites for hydroxylation is 1. The Balaban J connectivity index is 1.87. The van der Waals surface area contributed by atoms with Crippen molar-refractivity contribution in [2.45, 2.75) is 38.6 Å². The van der Waals surface area contributed by atoms with Crippen molar-refractivity contribution in [2.24, 2.45) is 0 Å². The molecular formula is C15H18ClN3. The van der Waals surface area contributed by atoms with E-state index in [1.807, 2.05) is 31.2 Å². The smallest absolute Gasteiger partial charge is 0.207 e. The zero-order valence-corrected chi connectivity index (χ0v) is 11.8. The SMILES string of the molecule is Cc1cn(C2CCCC2)c(Nc2cccc(Cl)c2)n1. The van der Waals surface area contributed by atoms with Gasteiger partial charge in [0, 0.05) is 22.9 Å². The zero-order valence-electron chi connectivity index (χ0n) is 11.1. The Hall–Kier alpha value is -1.48. The first-order chi connectivity index (χ1) is 9.22. The maximum atomic E-state index is 6.02. The van der Waals surface area contributed by atoms with Crippen LogP contribution in [0, 0.1) is 6.92 Å². The summed E-state index contributed by atoms with van der Waals surface area (Å²) >= 11 is 6.02. The lowest BCUT2D eigenvalue weighted by Crippen LogP contribution is -2.07. The second kappa shape index (κ2) is 5.25. The number of anilines is 2. The molecule has 100 valence electrons. The predicted octanol–water partition coefficient (Wildman–Crippen LogP) is 4.70. The molecule has 3 rings (SSSR count). The van der Waals surface area contributed by atoms with Crippen molar-refractivity contribution in [2.75, 3.05) is 5.32 Å². The molecule has 1 fully saturated rings. The molecule has 3 nitrogen and oxygen atoms in total. The van der Waals surface area contributed by atoms with Crippen molar-refractivity contribution in [3.63, 3.8) is 0 Å². The monoisotopic (exact) mass is 275 g/mol. The average Bonchev–Trinajstić information content (AvgIpc) is 2.98. The third kappa shape index (κ3) is 2.76. The van der Waals surface area contributed by atoms with E-state index in [0.717, 1.165) is 22.4 Å². The van der Waals surface area contributed by atoms with Gasteiger partial charge in [0.1, 0.15) is 0 Å². The Morgan fingerprint density at radius 3 is 2.84 bits per heavy atom. The number of nitrogens with one attached hydrogen (secondary N) is 1. The fourth-order valence-electron chi connectivity index (χ4n) is 2.76. The highest BCUT2D eigenvalue weighted by atomic mass is 35.5. The highest BCUT2D eigenvalue weighted by Gasteiger charge is 2.20. The second-order valence-electron chi connectivity index (χ2n) is 5.19. The molecule has 4 heteroatoms. The second-order valence-corrected chi connectivity index (χ2v) is 5.62. The van der Waals surface area contributed by atoms with E-state index in [2.05, 4.69) is 21.1 Å². The molecule has 0 spiro atoms. The van der Waals surface area contributed by atoms with Crippen LogP contribution in [0.5, 0.6) is 0 Å². The van der Waals surface area contributed by atoms with Gasteiger partial charge in [0.2, 0.25) is 5.95 Å². The molecule has 0 unspecified atom stereocenters. The van der Waals surface area contributed by atoms with Crippen molar-refractivity contribution in [1.29, 1.82) is 0 Å². The Kier molecular flexibility index (Phi) is 3.47. The van der Waals surface area contributed by atoms with Crippen LogP contribution in [-0.2, 0) is 0 Å². The summed E-state index contributed by atoms with van der Waals surface area (Å²) in [7, 11) is 0. The molecular weight excluding hydrogens is 258 g/mol. The molecule has 1 saturated carbocycles. The van der Waals surface area contributed by atoms with Crippen molar-refractivity contribution in [3.05, 3.63) is 41.2 Å². The molecule has 0 saturated heterocycles. The van der Waals surface area contributed by atoms with E-state index in [1.165, 1.54) is 25.7 Å². The van der Waals surface area contributed by atoms with Gasteiger partial charge in [-0.3, -0.25) is 0 Å². The van der Waals surface area contributed by atoms with Crippen molar-refractivity contribution >= 4 is 23.2 Å². The fourth-order valence-corrected chi connectivity index (χ4v) is 2.95. The summed E-state index contributed by atoms with van der Waals surface area (Å²) in [6, 6.07) is 8.34. The van der Waals surface area contributed by atoms with Gasteiger partial charge in [-0.2, -0.15) is 0 Å². The van der Waals surface area contributed by atoms with Crippen LogP contribution in [0.4, 0.5) is 11.6 Å². The number of hydrogen-bond acceptors (Lipinski definition) is 2. The summed E-state index contributed by atoms with van der Waals surface area (Å²) in [6.45, 7) is 2.04. The number of imidazole rings is 1. The van der Waals surface area contributed by atoms with E-state index in [4.69, 9.17) is 11.6 Å². The topological polar surface area (TPSA) is 29.9 Å². The molecule has 2 aromatic rings. The maximum absolute atomic E-state index is 6.02. The predicted molar refractivity (Wildman–Crippen MR) is 79.2 cm³/mol. The van der Waals surface area contributed by atoms with Gasteiger partial charge in [-0.1, -0.05) is 30.5 Å². The Morgan fingerprint density at radius 1 is 1.32 bits per heavy atom. The summed E-state index contributed by atoms with van der Waals surface area (Å²) in [6.07, 6.45) is 7.28. The lowest BCUT2D eigenvalue weighted by atomic mass is 10.2. The highest BCUT2D eigenvalue weighted by Crippen LogP contribution is 2.33. The van der Waals surface area contributed by atoms with Gasteiger partial charge in [0.05, 0.1) is 5.69 Å². The lowest BCUT2D eigenvalue weighted by Gasteiger charge is -2.15. The van der Waals surface area contributed by atoms with E-state index < -0.39 is 0 Å². The third-order valence-corrected chi connectivity index (χ3v) is 3.89. The van der Waals surface area contributed by atoms with E-state index in [9.17, 15) is 0 Å². The van der Waals surface area contributed by atoms with Gasteiger partial charge >= 0.3 is 0 Å². The first-order valence-electron chi connectivity index (χ1n) is 6.80. The summed E-state index contributed by atoms with van der Waals surface area (Å²) in [5, 5.41) is 4.12. The van der Waals surface area contributed by atoms with Crippen LogP contribution in [0.15, 0.2) is 30.5 Å². The summed E-state index contributed by atoms with van der Waals surface area (Å²) in [5.41, 5.74) is 2.04. The van der Waals surface area contributed by atoms with E-state index in [0.29, 0.717) is 6.04 Å². The molecule has 0 aliphatic heterocycles. The molecule has 1 aliphatic rings. The largest absolute Gasteiger partial charge is 0.326 e. The van der Waals surface area contributed by atoms with Gasteiger partial charge in [-0.15, -0.1) is 0 Å². The quantitative estimate of drug-likeness (QED) is 0.880. The normalized spacial score (nSPS) is 15.9. The van der Waals surface area contributed by atoms with Crippen LogP contribution < -0.4 is 5.32 Å². The minimum absolute atomic E-state index is 0.586. The maximum Gasteiger partial charge on any atom is 0.207 e. The van der Waals surface area contributed by atoms with Gasteiger partial charge in [0.15, 0.2) is 0 Å². The summed E-state index contributed by atoms with van der Waals surface area (Å²) in [4.78, 5) is 4.59. The molecule has 1 aromatic heterocycles. The van der Waals surface area contributed by atoms with Gasteiger partial charge in [-0.05, 0) is 38.0 Å². The Labute approximate surface area is 118 Å². The number of aromatic nitrogens is 2. The highest BCUT2D eigenvalue weighted by molar-refractivity contribution is 6.30. The van der Waals surface area contributed by atoms with Crippen molar-refractivity contribution in [3.8, 4) is 0 Å². The summed E-state index contributed by atoms with van der Waals surface area (Å²) in [5.74, 6) is 0.923. The number of benzene rings is 1. The zero-order chi connectivity index (χ0) is 13.2. The molecule has 0 radical (unpaired) electrons. The lowest BCUT2D eigenvalue weighted by molar-refractivity contribution is 0.524. The minimum atomic E-state index is 0.586. The first kappa shape index (κ1) is 12.5. The number of halogens is 1. The van der Waals surface area contributed by atoms with Gasteiger partial charge in [0.25, 0.3) is 0 Å².